The van der Waals surface area contributed by atoms with Gasteiger partial charge in [0.2, 0.25) is 0 Å². The summed E-state index contributed by atoms with van der Waals surface area (Å²) in [5.41, 5.74) is 6.46. The standard InChI is InChI=1S/C19H30BrN5O/c1-24(2)9-4-10-25(3)14-7-5-13(6-8-14)23-19-18(20)15-11-17(21)26-16(15)12-22-19/h11-14H,4-10,21H2,1-3H3,(H,22,23). The van der Waals surface area contributed by atoms with Crippen molar-refractivity contribution in [2.24, 2.45) is 0 Å². The minimum atomic E-state index is 0.414. The number of aromatic nitrogens is 1. The fourth-order valence-electron chi connectivity index (χ4n) is 3.77. The van der Waals surface area contributed by atoms with E-state index in [9.17, 15) is 0 Å². The molecule has 0 unspecified atom stereocenters. The highest BCUT2D eigenvalue weighted by Gasteiger charge is 2.24. The largest absolute Gasteiger partial charge is 0.439 e. The number of hydrogen-bond acceptors (Lipinski definition) is 6. The van der Waals surface area contributed by atoms with Crippen molar-refractivity contribution >= 4 is 38.6 Å². The van der Waals surface area contributed by atoms with Gasteiger partial charge in [0.25, 0.3) is 0 Å². The molecule has 1 fully saturated rings. The zero-order valence-electron chi connectivity index (χ0n) is 16.0. The molecule has 2 aromatic rings. The van der Waals surface area contributed by atoms with Gasteiger partial charge in [-0.1, -0.05) is 0 Å². The third kappa shape index (κ3) is 4.69. The molecule has 2 heterocycles. The molecule has 0 atom stereocenters. The number of halogens is 1. The van der Waals surface area contributed by atoms with Crippen LogP contribution in [0.25, 0.3) is 11.0 Å². The lowest BCUT2D eigenvalue weighted by molar-refractivity contribution is 0.179. The van der Waals surface area contributed by atoms with Gasteiger partial charge in [0, 0.05) is 23.5 Å². The molecule has 6 nitrogen and oxygen atoms in total. The molecule has 1 aliphatic carbocycles. The monoisotopic (exact) mass is 423 g/mol. The SMILES string of the molecule is CN(C)CCCN(C)C1CCC(Nc2ncc3oc(N)cc3c2Br)CC1. The molecule has 7 heteroatoms. The molecule has 0 spiro atoms. The van der Waals surface area contributed by atoms with E-state index in [-0.39, 0.29) is 0 Å². The van der Waals surface area contributed by atoms with Gasteiger partial charge in [-0.3, -0.25) is 0 Å². The summed E-state index contributed by atoms with van der Waals surface area (Å²) in [5.74, 6) is 1.29. The van der Waals surface area contributed by atoms with Gasteiger partial charge in [0.05, 0.1) is 10.7 Å². The number of nitrogens with zero attached hydrogens (tertiary/aromatic N) is 3. The Morgan fingerprint density at radius 2 is 1.96 bits per heavy atom. The van der Waals surface area contributed by atoms with Crippen LogP contribution in [0.5, 0.6) is 0 Å². The van der Waals surface area contributed by atoms with Crippen molar-refractivity contribution in [3.05, 3.63) is 16.7 Å². The van der Waals surface area contributed by atoms with Crippen LogP contribution in [0.4, 0.5) is 11.7 Å². The summed E-state index contributed by atoms with van der Waals surface area (Å²) in [6, 6.07) is 3.00. The molecule has 0 saturated heterocycles. The van der Waals surface area contributed by atoms with E-state index >= 15 is 0 Å². The molecule has 0 aromatic carbocycles. The summed E-state index contributed by atoms with van der Waals surface area (Å²) < 4.78 is 6.36. The van der Waals surface area contributed by atoms with Crippen molar-refractivity contribution in [3.8, 4) is 0 Å². The van der Waals surface area contributed by atoms with E-state index in [1.807, 2.05) is 6.07 Å². The second-order valence-electron chi connectivity index (χ2n) is 7.63. The first-order chi connectivity index (χ1) is 12.4. The Morgan fingerprint density at radius 3 is 2.65 bits per heavy atom. The van der Waals surface area contributed by atoms with Gasteiger partial charge >= 0.3 is 0 Å². The van der Waals surface area contributed by atoms with Crippen molar-refractivity contribution in [3.63, 3.8) is 0 Å². The van der Waals surface area contributed by atoms with Crippen molar-refractivity contribution < 1.29 is 4.42 Å². The van der Waals surface area contributed by atoms with E-state index in [1.54, 1.807) is 6.20 Å². The molecule has 26 heavy (non-hydrogen) atoms. The quantitative estimate of drug-likeness (QED) is 0.705. The lowest BCUT2D eigenvalue weighted by Gasteiger charge is -2.35. The van der Waals surface area contributed by atoms with Crippen LogP contribution in [-0.4, -0.2) is 61.1 Å². The molecule has 0 amide bonds. The minimum absolute atomic E-state index is 0.414. The molecular formula is C19H30BrN5O. The number of anilines is 2. The molecule has 144 valence electrons. The molecule has 0 aliphatic heterocycles. The minimum Gasteiger partial charge on any atom is -0.439 e. The third-order valence-corrected chi connectivity index (χ3v) is 6.11. The maximum Gasteiger partial charge on any atom is 0.191 e. The van der Waals surface area contributed by atoms with Crippen LogP contribution in [0.3, 0.4) is 0 Å². The number of furan rings is 1. The fourth-order valence-corrected chi connectivity index (χ4v) is 4.30. The van der Waals surface area contributed by atoms with Crippen molar-refractivity contribution in [1.82, 2.24) is 14.8 Å². The lowest BCUT2D eigenvalue weighted by atomic mass is 9.90. The van der Waals surface area contributed by atoms with Gasteiger partial charge in [0.15, 0.2) is 11.5 Å². The van der Waals surface area contributed by atoms with Crippen LogP contribution in [0.15, 0.2) is 21.2 Å². The van der Waals surface area contributed by atoms with Gasteiger partial charge < -0.3 is 25.3 Å². The zero-order chi connectivity index (χ0) is 18.7. The maximum absolute atomic E-state index is 5.75. The topological polar surface area (TPSA) is 70.6 Å². The molecule has 3 rings (SSSR count). The molecule has 0 bridgehead atoms. The first kappa shape index (κ1) is 19.5. The normalized spacial score (nSPS) is 21.0. The Kier molecular flexibility index (Phi) is 6.42. The number of pyridine rings is 1. The number of fused-ring (bicyclic) bond motifs is 1. The summed E-state index contributed by atoms with van der Waals surface area (Å²) in [6.07, 6.45) is 7.77. The Labute approximate surface area is 164 Å². The van der Waals surface area contributed by atoms with Crippen LogP contribution in [0, 0.1) is 0 Å². The van der Waals surface area contributed by atoms with E-state index in [1.165, 1.54) is 38.6 Å². The van der Waals surface area contributed by atoms with Crippen molar-refractivity contribution in [1.29, 1.82) is 0 Å². The summed E-state index contributed by atoms with van der Waals surface area (Å²) in [4.78, 5) is 9.29. The molecular weight excluding hydrogens is 394 g/mol. The predicted octanol–water partition coefficient (Wildman–Crippen LogP) is 3.78. The molecule has 2 aromatic heterocycles. The van der Waals surface area contributed by atoms with E-state index in [2.05, 4.69) is 57.2 Å². The Bertz CT molecular complexity index is 724. The molecule has 1 saturated carbocycles. The second kappa shape index (κ2) is 8.59. The highest BCUT2D eigenvalue weighted by atomic mass is 79.9. The van der Waals surface area contributed by atoms with Gasteiger partial charge in [-0.15, -0.1) is 0 Å². The van der Waals surface area contributed by atoms with E-state index < -0.39 is 0 Å². The summed E-state index contributed by atoms with van der Waals surface area (Å²) >= 11 is 3.64. The second-order valence-corrected chi connectivity index (χ2v) is 8.43. The molecule has 3 N–H and O–H groups in total. The van der Waals surface area contributed by atoms with Gasteiger partial charge in [-0.25, -0.2) is 4.98 Å². The number of nitrogen functional groups attached to an aromatic ring is 1. The Balaban J connectivity index is 1.52. The molecule has 1 aliphatic rings. The summed E-state index contributed by atoms with van der Waals surface area (Å²) in [5, 5.41) is 4.57. The summed E-state index contributed by atoms with van der Waals surface area (Å²) in [7, 11) is 6.54. The maximum atomic E-state index is 5.75. The average molecular weight is 424 g/mol. The van der Waals surface area contributed by atoms with Crippen LogP contribution >= 0.6 is 15.9 Å². The first-order valence-corrected chi connectivity index (χ1v) is 10.2. The lowest BCUT2D eigenvalue weighted by Crippen LogP contribution is -2.39. The van der Waals surface area contributed by atoms with Crippen molar-refractivity contribution in [2.75, 3.05) is 45.3 Å². The van der Waals surface area contributed by atoms with Gasteiger partial charge in [-0.05, 0) is 82.3 Å². The third-order valence-electron chi connectivity index (χ3n) is 5.31. The number of nitrogens with one attached hydrogen (secondary N) is 1. The highest BCUT2D eigenvalue weighted by Crippen LogP contribution is 2.34. The van der Waals surface area contributed by atoms with Crippen LogP contribution < -0.4 is 11.1 Å². The van der Waals surface area contributed by atoms with Crippen LogP contribution in [0.1, 0.15) is 32.1 Å². The van der Waals surface area contributed by atoms with Crippen LogP contribution in [0.2, 0.25) is 0 Å². The fraction of sp³-hybridized carbons (Fsp3) is 0.632. The van der Waals surface area contributed by atoms with Gasteiger partial charge in [0.1, 0.15) is 5.82 Å². The zero-order valence-corrected chi connectivity index (χ0v) is 17.6. The first-order valence-electron chi connectivity index (χ1n) is 9.39. The van der Waals surface area contributed by atoms with E-state index in [0.717, 1.165) is 22.2 Å². The molecule has 0 radical (unpaired) electrons. The predicted molar refractivity (Wildman–Crippen MR) is 112 cm³/mol. The van der Waals surface area contributed by atoms with Crippen molar-refractivity contribution in [2.45, 2.75) is 44.2 Å². The van der Waals surface area contributed by atoms with E-state index in [4.69, 9.17) is 10.2 Å². The van der Waals surface area contributed by atoms with E-state index in [0.29, 0.717) is 23.6 Å². The average Bonchev–Trinajstić information content (AvgIpc) is 2.99. The number of hydrogen-bond donors (Lipinski definition) is 2. The van der Waals surface area contributed by atoms with Gasteiger partial charge in [-0.2, -0.15) is 0 Å². The van der Waals surface area contributed by atoms with Crippen LogP contribution in [-0.2, 0) is 0 Å². The number of rotatable bonds is 7. The number of nitrogens with two attached hydrogens (primary N) is 1. The Hall–Kier alpha value is -1.31. The smallest absolute Gasteiger partial charge is 0.191 e. The summed E-state index contributed by atoms with van der Waals surface area (Å²) in [6.45, 7) is 2.33. The Morgan fingerprint density at radius 1 is 1.23 bits per heavy atom. The highest BCUT2D eigenvalue weighted by molar-refractivity contribution is 9.10.